The predicted molar refractivity (Wildman–Crippen MR) is 121 cm³/mol. The predicted octanol–water partition coefficient (Wildman–Crippen LogP) is 9.01. The van der Waals surface area contributed by atoms with Gasteiger partial charge in [-0.3, -0.25) is 0 Å². The number of rotatable bonds is 5. The quantitative estimate of drug-likeness (QED) is 0.255. The molecule has 0 saturated heterocycles. The van der Waals surface area contributed by atoms with Crippen LogP contribution in [0.1, 0.15) is 23.0 Å². The zero-order chi connectivity index (χ0) is 24.3. The summed E-state index contributed by atoms with van der Waals surface area (Å²) < 4.78 is 84.8. The summed E-state index contributed by atoms with van der Waals surface area (Å²) in [4.78, 5) is 0. The van der Waals surface area contributed by atoms with Crippen LogP contribution < -0.4 is 0 Å². The molecule has 0 nitrogen and oxygen atoms in total. The van der Waals surface area contributed by atoms with Crippen LogP contribution in [0.4, 0.5) is 26.3 Å². The minimum absolute atomic E-state index is 0.429. The molecule has 0 aliphatic heterocycles. The Kier molecular flexibility index (Phi) is 6.51. The molecular formula is C28H20F6. The van der Waals surface area contributed by atoms with Gasteiger partial charge in [-0.05, 0) is 33.4 Å². The van der Waals surface area contributed by atoms with E-state index in [0.29, 0.717) is 11.1 Å². The van der Waals surface area contributed by atoms with Crippen molar-refractivity contribution in [3.05, 3.63) is 120 Å². The number of halogens is 6. The van der Waals surface area contributed by atoms with Gasteiger partial charge in [-0.2, -0.15) is 26.3 Å². The number of hydrogen-bond donors (Lipinski definition) is 0. The molecule has 0 aliphatic carbocycles. The minimum atomic E-state index is -5.10. The van der Waals surface area contributed by atoms with E-state index >= 15 is 0 Å². The Morgan fingerprint density at radius 2 is 0.618 bits per heavy atom. The molecule has 0 spiro atoms. The van der Waals surface area contributed by atoms with Gasteiger partial charge >= 0.3 is 12.4 Å². The molecular weight excluding hydrogens is 450 g/mol. The van der Waals surface area contributed by atoms with Gasteiger partial charge in [0.05, 0.1) is 11.8 Å². The van der Waals surface area contributed by atoms with Gasteiger partial charge in [0.1, 0.15) is 0 Å². The van der Waals surface area contributed by atoms with Crippen molar-refractivity contribution in [2.24, 2.45) is 0 Å². The van der Waals surface area contributed by atoms with Crippen molar-refractivity contribution >= 4 is 0 Å². The first-order valence-electron chi connectivity index (χ1n) is 10.6. The third-order valence-corrected chi connectivity index (χ3v) is 5.79. The molecule has 4 aromatic carbocycles. The molecule has 2 atom stereocenters. The van der Waals surface area contributed by atoms with Gasteiger partial charge in [0, 0.05) is 0 Å². The van der Waals surface area contributed by atoms with E-state index in [1.807, 2.05) is 0 Å². The highest BCUT2D eigenvalue weighted by Crippen LogP contribution is 2.52. The Morgan fingerprint density at radius 3 is 0.882 bits per heavy atom. The van der Waals surface area contributed by atoms with Gasteiger partial charge < -0.3 is 0 Å². The minimum Gasteiger partial charge on any atom is -0.170 e. The average molecular weight is 470 g/mol. The van der Waals surface area contributed by atoms with Gasteiger partial charge in [-0.25, -0.2) is 0 Å². The van der Waals surface area contributed by atoms with Gasteiger partial charge in [0.25, 0.3) is 0 Å². The fraction of sp³-hybridized carbons (Fsp3) is 0.143. The van der Waals surface area contributed by atoms with E-state index in [9.17, 15) is 26.3 Å². The van der Waals surface area contributed by atoms with E-state index in [-0.39, 0.29) is 0 Å². The van der Waals surface area contributed by atoms with Crippen LogP contribution in [0.2, 0.25) is 0 Å². The Morgan fingerprint density at radius 1 is 0.353 bits per heavy atom. The van der Waals surface area contributed by atoms with Crippen LogP contribution in [-0.2, 0) is 0 Å². The normalized spacial score (nSPS) is 13.9. The molecule has 6 heteroatoms. The largest absolute Gasteiger partial charge is 0.396 e. The average Bonchev–Trinajstić information content (AvgIpc) is 2.82. The highest BCUT2D eigenvalue weighted by molar-refractivity contribution is 5.64. The molecule has 0 fully saturated rings. The molecule has 174 valence electrons. The molecule has 4 rings (SSSR count). The van der Waals surface area contributed by atoms with Gasteiger partial charge in [0.2, 0.25) is 0 Å². The van der Waals surface area contributed by atoms with Gasteiger partial charge in [0.15, 0.2) is 0 Å². The van der Waals surface area contributed by atoms with Crippen molar-refractivity contribution in [3.63, 3.8) is 0 Å². The van der Waals surface area contributed by atoms with Gasteiger partial charge in [-0.1, -0.05) is 109 Å². The standard InChI is InChI=1S/C28H20F6/c29-27(30,31)25(23-15-11-21(12-16-23)19-7-3-1-4-8-19)26(28(32,33)34)24-17-13-22(14-18-24)20-9-5-2-6-10-20/h1-18,25-26H. The topological polar surface area (TPSA) is 0 Å². The second-order valence-corrected chi connectivity index (χ2v) is 8.01. The molecule has 0 N–H and O–H groups in total. The molecule has 0 amide bonds. The maximum atomic E-state index is 14.1. The summed E-state index contributed by atoms with van der Waals surface area (Å²) in [5.74, 6) is -5.47. The van der Waals surface area contributed by atoms with Crippen LogP contribution in [0, 0.1) is 0 Å². The highest BCUT2D eigenvalue weighted by Gasteiger charge is 2.56. The van der Waals surface area contributed by atoms with Crippen LogP contribution in [0.15, 0.2) is 109 Å². The van der Waals surface area contributed by atoms with E-state index in [1.165, 1.54) is 24.3 Å². The number of benzene rings is 4. The fourth-order valence-corrected chi connectivity index (χ4v) is 4.17. The number of hydrogen-bond acceptors (Lipinski definition) is 0. The maximum absolute atomic E-state index is 14.1. The first-order chi connectivity index (χ1) is 16.1. The summed E-state index contributed by atoms with van der Waals surface area (Å²) in [7, 11) is 0. The lowest BCUT2D eigenvalue weighted by Crippen LogP contribution is -2.35. The summed E-state index contributed by atoms with van der Waals surface area (Å²) in [5, 5.41) is 0. The van der Waals surface area contributed by atoms with Crippen molar-refractivity contribution in [3.8, 4) is 22.3 Å². The van der Waals surface area contributed by atoms with E-state index in [2.05, 4.69) is 0 Å². The summed E-state index contributed by atoms with van der Waals surface area (Å²) in [6.45, 7) is 0. The lowest BCUT2D eigenvalue weighted by Gasteiger charge is -2.31. The monoisotopic (exact) mass is 470 g/mol. The maximum Gasteiger partial charge on any atom is 0.396 e. The van der Waals surface area contributed by atoms with E-state index in [0.717, 1.165) is 35.4 Å². The molecule has 0 bridgehead atoms. The van der Waals surface area contributed by atoms with E-state index in [4.69, 9.17) is 0 Å². The molecule has 34 heavy (non-hydrogen) atoms. The number of alkyl halides is 6. The zero-order valence-corrected chi connectivity index (χ0v) is 17.8. The molecule has 0 heterocycles. The van der Waals surface area contributed by atoms with Gasteiger partial charge in [-0.15, -0.1) is 0 Å². The van der Waals surface area contributed by atoms with Crippen LogP contribution >= 0.6 is 0 Å². The Balaban J connectivity index is 1.74. The van der Waals surface area contributed by atoms with Crippen LogP contribution in [0.25, 0.3) is 22.3 Å². The molecule has 4 aromatic rings. The SMILES string of the molecule is FC(F)(F)C(c1ccc(-c2ccccc2)cc1)C(c1ccc(-c2ccccc2)cc1)C(F)(F)F. The summed E-state index contributed by atoms with van der Waals surface area (Å²) in [5.41, 5.74) is 1.92. The smallest absolute Gasteiger partial charge is 0.170 e. The molecule has 0 aromatic heterocycles. The van der Waals surface area contributed by atoms with Crippen molar-refractivity contribution in [1.29, 1.82) is 0 Å². The van der Waals surface area contributed by atoms with Crippen molar-refractivity contribution in [2.75, 3.05) is 0 Å². The second kappa shape index (κ2) is 9.37. The molecule has 0 radical (unpaired) electrons. The van der Waals surface area contributed by atoms with Crippen LogP contribution in [0.3, 0.4) is 0 Å². The lowest BCUT2D eigenvalue weighted by atomic mass is 9.79. The van der Waals surface area contributed by atoms with E-state index < -0.39 is 35.3 Å². The van der Waals surface area contributed by atoms with Crippen molar-refractivity contribution < 1.29 is 26.3 Å². The molecule has 0 aliphatic rings. The van der Waals surface area contributed by atoms with Crippen LogP contribution in [-0.4, -0.2) is 12.4 Å². The lowest BCUT2D eigenvalue weighted by molar-refractivity contribution is -0.211. The summed E-state index contributed by atoms with van der Waals surface area (Å²) in [6, 6.07) is 28.1. The fourth-order valence-electron chi connectivity index (χ4n) is 4.17. The second-order valence-electron chi connectivity index (χ2n) is 8.01. The van der Waals surface area contributed by atoms with Crippen molar-refractivity contribution in [1.82, 2.24) is 0 Å². The first-order valence-corrected chi connectivity index (χ1v) is 10.6. The Hall–Kier alpha value is -3.54. The third-order valence-electron chi connectivity index (χ3n) is 5.79. The van der Waals surface area contributed by atoms with Crippen LogP contribution in [0.5, 0.6) is 0 Å². The van der Waals surface area contributed by atoms with E-state index in [1.54, 1.807) is 60.7 Å². The highest BCUT2D eigenvalue weighted by atomic mass is 19.4. The first kappa shape index (κ1) is 23.6. The summed E-state index contributed by atoms with van der Waals surface area (Å²) in [6.07, 6.45) is -10.2. The Bertz CT molecular complexity index is 1090. The molecule has 2 unspecified atom stereocenters. The zero-order valence-electron chi connectivity index (χ0n) is 17.8. The molecule has 0 saturated carbocycles. The Labute approximate surface area is 193 Å². The third kappa shape index (κ3) is 5.16. The summed E-state index contributed by atoms with van der Waals surface area (Å²) >= 11 is 0. The van der Waals surface area contributed by atoms with Crippen molar-refractivity contribution in [2.45, 2.75) is 24.2 Å².